The first kappa shape index (κ1) is 13.5. The number of hydrogen-bond acceptors (Lipinski definition) is 4. The molecule has 0 spiro atoms. The number of rotatable bonds is 7. The van der Waals surface area contributed by atoms with Crippen molar-refractivity contribution in [2.75, 3.05) is 25.0 Å². The summed E-state index contributed by atoms with van der Waals surface area (Å²) in [6.07, 6.45) is 6.35. The van der Waals surface area contributed by atoms with E-state index in [-0.39, 0.29) is 0 Å². The molecule has 0 aliphatic heterocycles. The van der Waals surface area contributed by atoms with Crippen molar-refractivity contribution in [2.24, 2.45) is 0 Å². The third-order valence-corrected chi connectivity index (χ3v) is 2.99. The van der Waals surface area contributed by atoms with E-state index >= 15 is 0 Å². The van der Waals surface area contributed by atoms with Crippen LogP contribution in [-0.2, 0) is 6.54 Å². The second-order valence-corrected chi connectivity index (χ2v) is 4.53. The van der Waals surface area contributed by atoms with Crippen LogP contribution in [0.25, 0.3) is 0 Å². The number of benzene rings is 1. The average molecular weight is 256 g/mol. The van der Waals surface area contributed by atoms with Crippen LogP contribution in [0, 0.1) is 0 Å². The maximum absolute atomic E-state index is 3.99. The Morgan fingerprint density at radius 3 is 2.58 bits per heavy atom. The molecule has 0 amide bonds. The van der Waals surface area contributed by atoms with Gasteiger partial charge in [0.25, 0.3) is 0 Å². The molecule has 0 fully saturated rings. The highest BCUT2D eigenvalue weighted by Crippen LogP contribution is 2.10. The average Bonchev–Trinajstić information content (AvgIpc) is 2.49. The van der Waals surface area contributed by atoms with Crippen molar-refractivity contribution < 1.29 is 0 Å². The maximum Gasteiger partial charge on any atom is 0.115 e. The lowest BCUT2D eigenvalue weighted by Gasteiger charge is -2.19. The van der Waals surface area contributed by atoms with E-state index in [2.05, 4.69) is 51.5 Å². The lowest BCUT2D eigenvalue weighted by atomic mass is 10.3. The van der Waals surface area contributed by atoms with Gasteiger partial charge in [-0.1, -0.05) is 18.2 Å². The molecule has 100 valence electrons. The van der Waals surface area contributed by atoms with Crippen LogP contribution in [0.1, 0.15) is 12.0 Å². The molecule has 0 unspecified atom stereocenters. The Hall–Kier alpha value is -1.94. The van der Waals surface area contributed by atoms with E-state index in [0.717, 1.165) is 31.6 Å². The molecule has 2 aromatic rings. The molecule has 4 nitrogen and oxygen atoms in total. The standard InChI is InChI=1S/C15H20N4/c1-19(15-6-3-2-4-7-15)9-5-8-16-10-14-11-17-13-18-12-14/h2-4,6-7,11-13,16H,5,8-10H2,1H3. The molecule has 0 saturated carbocycles. The third kappa shape index (κ3) is 4.67. The zero-order chi connectivity index (χ0) is 13.3. The predicted molar refractivity (Wildman–Crippen MR) is 78.1 cm³/mol. The highest BCUT2D eigenvalue weighted by molar-refractivity contribution is 5.44. The third-order valence-electron chi connectivity index (χ3n) is 2.99. The van der Waals surface area contributed by atoms with E-state index in [0.29, 0.717) is 0 Å². The van der Waals surface area contributed by atoms with Gasteiger partial charge in [0.15, 0.2) is 0 Å². The van der Waals surface area contributed by atoms with Gasteiger partial charge in [-0.3, -0.25) is 0 Å². The maximum atomic E-state index is 3.99. The molecule has 19 heavy (non-hydrogen) atoms. The summed E-state index contributed by atoms with van der Waals surface area (Å²) in [7, 11) is 2.13. The van der Waals surface area contributed by atoms with Crippen molar-refractivity contribution in [2.45, 2.75) is 13.0 Å². The van der Waals surface area contributed by atoms with Gasteiger partial charge in [-0.25, -0.2) is 9.97 Å². The minimum atomic E-state index is 0.829. The van der Waals surface area contributed by atoms with E-state index in [1.54, 1.807) is 6.33 Å². The largest absolute Gasteiger partial charge is 0.375 e. The minimum absolute atomic E-state index is 0.829. The fraction of sp³-hybridized carbons (Fsp3) is 0.333. The van der Waals surface area contributed by atoms with Crippen LogP contribution in [-0.4, -0.2) is 30.1 Å². The molecule has 0 aliphatic rings. The molecular formula is C15H20N4. The molecule has 0 radical (unpaired) electrons. The Bertz CT molecular complexity index is 458. The molecule has 1 aromatic heterocycles. The van der Waals surface area contributed by atoms with Crippen LogP contribution in [0.15, 0.2) is 49.1 Å². The van der Waals surface area contributed by atoms with E-state index in [1.807, 2.05) is 18.5 Å². The van der Waals surface area contributed by atoms with E-state index in [4.69, 9.17) is 0 Å². The number of nitrogens with one attached hydrogen (secondary N) is 1. The van der Waals surface area contributed by atoms with Gasteiger partial charge in [-0.15, -0.1) is 0 Å². The summed E-state index contributed by atoms with van der Waals surface area (Å²) in [6, 6.07) is 10.4. The van der Waals surface area contributed by atoms with Gasteiger partial charge < -0.3 is 10.2 Å². The van der Waals surface area contributed by atoms with E-state index in [1.165, 1.54) is 5.69 Å². The molecule has 0 aliphatic carbocycles. The normalized spacial score (nSPS) is 10.4. The highest BCUT2D eigenvalue weighted by Gasteiger charge is 1.99. The molecule has 1 aromatic carbocycles. The second kappa shape index (κ2) is 7.48. The Labute approximate surface area is 114 Å². The molecule has 1 N–H and O–H groups in total. The van der Waals surface area contributed by atoms with Crippen molar-refractivity contribution >= 4 is 5.69 Å². The Balaban J connectivity index is 1.62. The van der Waals surface area contributed by atoms with Gasteiger partial charge in [0.2, 0.25) is 0 Å². The van der Waals surface area contributed by atoms with Crippen LogP contribution >= 0.6 is 0 Å². The SMILES string of the molecule is CN(CCCNCc1cncnc1)c1ccccc1. The smallest absolute Gasteiger partial charge is 0.115 e. The van der Waals surface area contributed by atoms with Crippen LogP contribution in [0.3, 0.4) is 0 Å². The first-order chi connectivity index (χ1) is 9.36. The number of para-hydroxylation sites is 1. The highest BCUT2D eigenvalue weighted by atomic mass is 15.1. The Morgan fingerprint density at radius 1 is 1.11 bits per heavy atom. The number of aromatic nitrogens is 2. The Morgan fingerprint density at radius 2 is 1.84 bits per heavy atom. The fourth-order valence-corrected chi connectivity index (χ4v) is 1.91. The van der Waals surface area contributed by atoms with Gasteiger partial charge in [0.1, 0.15) is 6.33 Å². The fourth-order valence-electron chi connectivity index (χ4n) is 1.91. The zero-order valence-electron chi connectivity index (χ0n) is 11.3. The topological polar surface area (TPSA) is 41.0 Å². The molecule has 2 rings (SSSR count). The molecule has 4 heteroatoms. The predicted octanol–water partition coefficient (Wildman–Crippen LogP) is 2.09. The number of anilines is 1. The summed E-state index contributed by atoms with van der Waals surface area (Å²) >= 11 is 0. The van der Waals surface area contributed by atoms with Crippen molar-refractivity contribution in [3.05, 3.63) is 54.6 Å². The summed E-state index contributed by atoms with van der Waals surface area (Å²) < 4.78 is 0. The van der Waals surface area contributed by atoms with E-state index < -0.39 is 0 Å². The van der Waals surface area contributed by atoms with E-state index in [9.17, 15) is 0 Å². The van der Waals surface area contributed by atoms with Crippen LogP contribution in [0.4, 0.5) is 5.69 Å². The summed E-state index contributed by atoms with van der Waals surface area (Å²) in [6.45, 7) is 2.87. The molecule has 1 heterocycles. The summed E-state index contributed by atoms with van der Waals surface area (Å²) in [5.74, 6) is 0. The summed E-state index contributed by atoms with van der Waals surface area (Å²) in [5, 5.41) is 3.40. The minimum Gasteiger partial charge on any atom is -0.375 e. The first-order valence-electron chi connectivity index (χ1n) is 6.57. The van der Waals surface area contributed by atoms with Gasteiger partial charge in [-0.2, -0.15) is 0 Å². The zero-order valence-corrected chi connectivity index (χ0v) is 11.3. The van der Waals surface area contributed by atoms with Gasteiger partial charge in [-0.05, 0) is 25.1 Å². The monoisotopic (exact) mass is 256 g/mol. The van der Waals surface area contributed by atoms with Gasteiger partial charge in [0.05, 0.1) is 0 Å². The quantitative estimate of drug-likeness (QED) is 0.770. The lowest BCUT2D eigenvalue weighted by Crippen LogP contribution is -2.23. The van der Waals surface area contributed by atoms with Crippen molar-refractivity contribution in [3.63, 3.8) is 0 Å². The lowest BCUT2D eigenvalue weighted by molar-refractivity contribution is 0.643. The van der Waals surface area contributed by atoms with Crippen LogP contribution < -0.4 is 10.2 Å². The molecule has 0 saturated heterocycles. The van der Waals surface area contributed by atoms with Crippen molar-refractivity contribution in [3.8, 4) is 0 Å². The van der Waals surface area contributed by atoms with Crippen molar-refractivity contribution in [1.82, 2.24) is 15.3 Å². The van der Waals surface area contributed by atoms with Gasteiger partial charge in [0, 0.05) is 43.8 Å². The van der Waals surface area contributed by atoms with Crippen LogP contribution in [0.2, 0.25) is 0 Å². The summed E-state index contributed by atoms with van der Waals surface area (Å²) in [4.78, 5) is 10.3. The molecule has 0 bridgehead atoms. The van der Waals surface area contributed by atoms with Crippen LogP contribution in [0.5, 0.6) is 0 Å². The second-order valence-electron chi connectivity index (χ2n) is 4.53. The Kier molecular flexibility index (Phi) is 5.31. The van der Waals surface area contributed by atoms with Gasteiger partial charge >= 0.3 is 0 Å². The number of hydrogen-bond donors (Lipinski definition) is 1. The molecular weight excluding hydrogens is 236 g/mol. The number of nitrogens with zero attached hydrogens (tertiary/aromatic N) is 3. The summed E-state index contributed by atoms with van der Waals surface area (Å²) in [5.41, 5.74) is 2.39. The van der Waals surface area contributed by atoms with Crippen molar-refractivity contribution in [1.29, 1.82) is 0 Å². The molecule has 0 atom stereocenters. The first-order valence-corrected chi connectivity index (χ1v) is 6.57.